The van der Waals surface area contributed by atoms with Crippen molar-refractivity contribution in [3.8, 4) is 0 Å². The topological polar surface area (TPSA) is 26.3 Å². The predicted molar refractivity (Wildman–Crippen MR) is 95.9 cm³/mol. The highest BCUT2D eigenvalue weighted by molar-refractivity contribution is 5.72. The molecule has 0 unspecified atom stereocenters. The van der Waals surface area contributed by atoms with E-state index in [-0.39, 0.29) is 18.0 Å². The molecule has 0 fully saturated rings. The van der Waals surface area contributed by atoms with Gasteiger partial charge < -0.3 is 4.74 Å². The average molecular weight is 319 g/mol. The molecular weight excluding hydrogens is 284 g/mol. The van der Waals surface area contributed by atoms with Crippen molar-refractivity contribution in [1.29, 1.82) is 0 Å². The summed E-state index contributed by atoms with van der Waals surface area (Å²) in [5, 5.41) is 0. The van der Waals surface area contributed by atoms with Crippen LogP contribution in [0, 0.1) is 35.5 Å². The monoisotopic (exact) mass is 318 g/mol. The lowest BCUT2D eigenvalue weighted by Gasteiger charge is -2.43. The Hall–Kier alpha value is -1.05. The highest BCUT2D eigenvalue weighted by atomic mass is 16.5. The van der Waals surface area contributed by atoms with Gasteiger partial charge in [0.15, 0.2) is 0 Å². The van der Waals surface area contributed by atoms with Crippen LogP contribution in [-0.4, -0.2) is 12.1 Å². The summed E-state index contributed by atoms with van der Waals surface area (Å²) in [5.41, 5.74) is 1.40. The number of ether oxygens (including phenoxy) is 1. The summed E-state index contributed by atoms with van der Waals surface area (Å²) in [6.45, 7) is 13.1. The summed E-state index contributed by atoms with van der Waals surface area (Å²) in [7, 11) is 0. The van der Waals surface area contributed by atoms with E-state index in [0.29, 0.717) is 29.6 Å². The first-order valence-electron chi connectivity index (χ1n) is 9.43. The summed E-state index contributed by atoms with van der Waals surface area (Å²) in [6.07, 6.45) is 10.1. The molecule has 0 bridgehead atoms. The fourth-order valence-electron chi connectivity index (χ4n) is 4.12. The Labute approximate surface area is 142 Å². The first-order chi connectivity index (χ1) is 10.8. The van der Waals surface area contributed by atoms with Crippen molar-refractivity contribution >= 4 is 5.97 Å². The van der Waals surface area contributed by atoms with E-state index in [2.05, 4.69) is 45.9 Å². The maximum atomic E-state index is 12.4. The Kier molecular flexibility index (Phi) is 6.11. The van der Waals surface area contributed by atoms with Crippen LogP contribution in [0.15, 0.2) is 23.8 Å². The lowest BCUT2D eigenvalue weighted by molar-refractivity contribution is -0.158. The second-order valence-corrected chi connectivity index (χ2v) is 8.20. The number of carbonyl (C=O) groups excluding carboxylic acids is 1. The molecule has 2 aliphatic rings. The normalized spacial score (nSPS) is 34.7. The Bertz CT molecular complexity index is 474. The zero-order valence-corrected chi connectivity index (χ0v) is 15.7. The van der Waals surface area contributed by atoms with E-state index in [1.54, 1.807) is 0 Å². The molecule has 130 valence electrons. The number of hydrogen-bond donors (Lipinski definition) is 0. The van der Waals surface area contributed by atoms with Crippen LogP contribution in [0.2, 0.25) is 0 Å². The van der Waals surface area contributed by atoms with Gasteiger partial charge in [-0.3, -0.25) is 4.79 Å². The lowest BCUT2D eigenvalue weighted by atomic mass is 9.64. The third-order valence-electron chi connectivity index (χ3n) is 5.62. The molecule has 0 heterocycles. The van der Waals surface area contributed by atoms with Gasteiger partial charge in [0.2, 0.25) is 0 Å². The van der Waals surface area contributed by atoms with Gasteiger partial charge in [0.05, 0.1) is 5.92 Å². The van der Waals surface area contributed by atoms with Gasteiger partial charge >= 0.3 is 5.97 Å². The largest absolute Gasteiger partial charge is 0.461 e. The number of hydrogen-bond acceptors (Lipinski definition) is 2. The van der Waals surface area contributed by atoms with Gasteiger partial charge in [0.1, 0.15) is 6.10 Å². The van der Waals surface area contributed by atoms with Crippen LogP contribution >= 0.6 is 0 Å². The minimum atomic E-state index is -0.0172. The van der Waals surface area contributed by atoms with Gasteiger partial charge in [-0.25, -0.2) is 0 Å². The Morgan fingerprint density at radius 1 is 1.30 bits per heavy atom. The summed E-state index contributed by atoms with van der Waals surface area (Å²) in [5.74, 6) is 2.64. The van der Waals surface area contributed by atoms with Crippen molar-refractivity contribution in [3.05, 3.63) is 23.8 Å². The first kappa shape index (κ1) is 18.3. The molecule has 2 heteroatoms. The minimum Gasteiger partial charge on any atom is -0.461 e. The Morgan fingerprint density at radius 3 is 2.61 bits per heavy atom. The quantitative estimate of drug-likeness (QED) is 0.635. The summed E-state index contributed by atoms with van der Waals surface area (Å²) in [4.78, 5) is 12.4. The lowest BCUT2D eigenvalue weighted by Crippen LogP contribution is -2.41. The van der Waals surface area contributed by atoms with Gasteiger partial charge in [-0.1, -0.05) is 59.8 Å². The molecule has 0 saturated heterocycles. The molecule has 23 heavy (non-hydrogen) atoms. The van der Waals surface area contributed by atoms with Crippen molar-refractivity contribution < 1.29 is 9.53 Å². The Balaban J connectivity index is 2.26. The highest BCUT2D eigenvalue weighted by Crippen LogP contribution is 2.45. The summed E-state index contributed by atoms with van der Waals surface area (Å²) in [6, 6.07) is 0. The fourth-order valence-corrected chi connectivity index (χ4v) is 4.12. The molecule has 0 spiro atoms. The van der Waals surface area contributed by atoms with E-state index < -0.39 is 0 Å². The van der Waals surface area contributed by atoms with Crippen molar-refractivity contribution in [2.24, 2.45) is 35.5 Å². The highest BCUT2D eigenvalue weighted by Gasteiger charge is 2.41. The van der Waals surface area contributed by atoms with Crippen LogP contribution < -0.4 is 0 Å². The first-order valence-corrected chi connectivity index (χ1v) is 9.43. The molecule has 2 aliphatic carbocycles. The molecule has 0 saturated carbocycles. The molecule has 2 rings (SSSR count). The van der Waals surface area contributed by atoms with Gasteiger partial charge in [-0.15, -0.1) is 0 Å². The third-order valence-corrected chi connectivity index (χ3v) is 5.62. The minimum absolute atomic E-state index is 0.000216. The molecule has 0 aliphatic heterocycles. The number of carbonyl (C=O) groups is 1. The van der Waals surface area contributed by atoms with Crippen molar-refractivity contribution in [3.63, 3.8) is 0 Å². The van der Waals surface area contributed by atoms with Gasteiger partial charge in [-0.05, 0) is 48.5 Å². The standard InChI is InChI=1S/C21H34O2/c1-7-15(5)21(22)23-19-12-14(4)11-17-9-8-16(6)18(20(17)19)10-13(2)3/h8-9,11,13-16,18-20H,7,10,12H2,1-6H3/t14-,15-,16-,18-,19-,20-/m0/s1. The number of esters is 1. The third kappa shape index (κ3) is 4.28. The summed E-state index contributed by atoms with van der Waals surface area (Å²) < 4.78 is 6.03. The van der Waals surface area contributed by atoms with Crippen LogP contribution in [0.5, 0.6) is 0 Å². The number of rotatable bonds is 5. The zero-order chi connectivity index (χ0) is 17.1. The van der Waals surface area contributed by atoms with Crippen molar-refractivity contribution in [1.82, 2.24) is 0 Å². The van der Waals surface area contributed by atoms with Crippen LogP contribution in [0.3, 0.4) is 0 Å². The van der Waals surface area contributed by atoms with Crippen LogP contribution in [0.1, 0.15) is 60.8 Å². The Morgan fingerprint density at radius 2 is 2.00 bits per heavy atom. The van der Waals surface area contributed by atoms with Crippen molar-refractivity contribution in [2.75, 3.05) is 0 Å². The SMILES string of the molecule is CC[C@H](C)C(=O)O[C@H]1C[C@@H](C)C=C2C=C[C@H](C)[C@H](CC(C)C)[C@H]21. The molecule has 0 aromatic heterocycles. The second kappa shape index (κ2) is 7.68. The van der Waals surface area contributed by atoms with E-state index in [1.165, 1.54) is 12.0 Å². The molecule has 0 aromatic carbocycles. The van der Waals surface area contributed by atoms with E-state index in [4.69, 9.17) is 4.74 Å². The van der Waals surface area contributed by atoms with Crippen LogP contribution in [0.25, 0.3) is 0 Å². The van der Waals surface area contributed by atoms with E-state index in [9.17, 15) is 4.79 Å². The fraction of sp³-hybridized carbons (Fsp3) is 0.762. The van der Waals surface area contributed by atoms with E-state index in [0.717, 1.165) is 12.8 Å². The molecule has 6 atom stereocenters. The van der Waals surface area contributed by atoms with Crippen LogP contribution in [-0.2, 0) is 9.53 Å². The molecular formula is C21H34O2. The van der Waals surface area contributed by atoms with Gasteiger partial charge in [0.25, 0.3) is 0 Å². The number of allylic oxidation sites excluding steroid dienone is 3. The molecule has 2 nitrogen and oxygen atoms in total. The predicted octanol–water partition coefficient (Wildman–Crippen LogP) is 5.39. The second-order valence-electron chi connectivity index (χ2n) is 8.20. The van der Waals surface area contributed by atoms with Crippen LogP contribution in [0.4, 0.5) is 0 Å². The van der Waals surface area contributed by atoms with Crippen molar-refractivity contribution in [2.45, 2.75) is 66.9 Å². The maximum Gasteiger partial charge on any atom is 0.308 e. The molecule has 0 N–H and O–H groups in total. The molecule has 0 aromatic rings. The molecule has 0 radical (unpaired) electrons. The smallest absolute Gasteiger partial charge is 0.308 e. The van der Waals surface area contributed by atoms with E-state index in [1.807, 2.05) is 13.8 Å². The maximum absolute atomic E-state index is 12.4. The number of fused-ring (bicyclic) bond motifs is 1. The summed E-state index contributed by atoms with van der Waals surface area (Å²) >= 11 is 0. The molecule has 0 amide bonds. The average Bonchev–Trinajstić information content (AvgIpc) is 2.48. The van der Waals surface area contributed by atoms with Gasteiger partial charge in [0, 0.05) is 5.92 Å². The zero-order valence-electron chi connectivity index (χ0n) is 15.7. The van der Waals surface area contributed by atoms with Gasteiger partial charge in [-0.2, -0.15) is 0 Å². The van der Waals surface area contributed by atoms with E-state index >= 15 is 0 Å².